The van der Waals surface area contributed by atoms with Crippen LogP contribution in [0.1, 0.15) is 25.8 Å². The number of nitrogens with one attached hydrogen (secondary N) is 2. The molecule has 0 unspecified atom stereocenters. The molecule has 0 radical (unpaired) electrons. The highest BCUT2D eigenvalue weighted by Crippen LogP contribution is 2.32. The Morgan fingerprint density at radius 2 is 2.16 bits per heavy atom. The Bertz CT molecular complexity index is 500. The number of carbonyl (C=O) groups excluding carboxylic acids is 1. The van der Waals surface area contributed by atoms with E-state index in [0.717, 1.165) is 29.9 Å². The second-order valence-electron chi connectivity index (χ2n) is 5.46. The molecule has 0 atom stereocenters. The number of nitrogens with two attached hydrogens (primary N) is 1. The first-order chi connectivity index (χ1) is 8.91. The molecule has 0 saturated heterocycles. The Hall–Kier alpha value is -1.36. The maximum Gasteiger partial charge on any atom is 0.224 e. The number of amides is 1. The number of hydrogen-bond acceptors (Lipinski definition) is 4. The van der Waals surface area contributed by atoms with E-state index in [4.69, 9.17) is 5.73 Å². The molecule has 1 aliphatic rings. The van der Waals surface area contributed by atoms with E-state index in [2.05, 4.69) is 36.8 Å². The summed E-state index contributed by atoms with van der Waals surface area (Å²) in [6.07, 6.45) is 3.43. The number of aryl methyl sites for hydroxylation is 1. The number of benzene rings is 1. The minimum absolute atomic E-state index is 0.0659. The third-order valence-electron chi connectivity index (χ3n) is 3.43. The molecular weight excluding hydrogens is 258 g/mol. The highest BCUT2D eigenvalue weighted by molar-refractivity contribution is 7.99. The zero-order valence-corrected chi connectivity index (χ0v) is 12.5. The number of hydrogen-bond donors (Lipinski definition) is 3. The molecule has 1 aromatic carbocycles. The van der Waals surface area contributed by atoms with Gasteiger partial charge in [-0.2, -0.15) is 11.8 Å². The van der Waals surface area contributed by atoms with Gasteiger partial charge >= 0.3 is 0 Å². The van der Waals surface area contributed by atoms with Crippen molar-refractivity contribution in [3.63, 3.8) is 0 Å². The van der Waals surface area contributed by atoms with E-state index in [-0.39, 0.29) is 10.7 Å². The van der Waals surface area contributed by atoms with Gasteiger partial charge in [0.05, 0.1) is 11.4 Å². The zero-order valence-electron chi connectivity index (χ0n) is 11.7. The molecule has 4 N–H and O–H groups in total. The average molecular weight is 279 g/mol. The monoisotopic (exact) mass is 279 g/mol. The number of thioether (sulfide) groups is 1. The maximum atomic E-state index is 11.3. The summed E-state index contributed by atoms with van der Waals surface area (Å²) in [5.41, 5.74) is 9.68. The first-order valence-electron chi connectivity index (χ1n) is 6.42. The molecule has 1 aromatic rings. The van der Waals surface area contributed by atoms with E-state index < -0.39 is 0 Å². The number of carbonyl (C=O) groups is 1. The quantitative estimate of drug-likeness (QED) is 0.741. The van der Waals surface area contributed by atoms with E-state index in [1.165, 1.54) is 0 Å². The van der Waals surface area contributed by atoms with Crippen molar-refractivity contribution in [2.24, 2.45) is 0 Å². The largest absolute Gasteiger partial charge is 0.397 e. The molecule has 0 aliphatic carbocycles. The summed E-state index contributed by atoms with van der Waals surface area (Å²) in [6, 6.07) is 3.90. The fourth-order valence-corrected chi connectivity index (χ4v) is 2.20. The predicted molar refractivity (Wildman–Crippen MR) is 83.9 cm³/mol. The summed E-state index contributed by atoms with van der Waals surface area (Å²) in [4.78, 5) is 11.3. The van der Waals surface area contributed by atoms with Crippen molar-refractivity contribution < 1.29 is 4.79 Å². The molecule has 1 amide bonds. The van der Waals surface area contributed by atoms with Gasteiger partial charge < -0.3 is 16.4 Å². The van der Waals surface area contributed by atoms with Gasteiger partial charge in [0.25, 0.3) is 0 Å². The van der Waals surface area contributed by atoms with Crippen molar-refractivity contribution in [3.8, 4) is 0 Å². The smallest absolute Gasteiger partial charge is 0.224 e. The summed E-state index contributed by atoms with van der Waals surface area (Å²) in [5.74, 6) is 0.0659. The molecule has 2 rings (SSSR count). The van der Waals surface area contributed by atoms with Gasteiger partial charge in [-0.25, -0.2) is 0 Å². The second kappa shape index (κ2) is 5.33. The molecule has 1 heterocycles. The van der Waals surface area contributed by atoms with Crippen LogP contribution < -0.4 is 16.4 Å². The van der Waals surface area contributed by atoms with Crippen LogP contribution in [0.5, 0.6) is 0 Å². The van der Waals surface area contributed by atoms with Gasteiger partial charge in [-0.05, 0) is 44.2 Å². The second-order valence-corrected chi connectivity index (χ2v) is 6.98. The van der Waals surface area contributed by atoms with Crippen LogP contribution in [0.3, 0.4) is 0 Å². The average Bonchev–Trinajstić information content (AvgIpc) is 2.36. The van der Waals surface area contributed by atoms with Crippen LogP contribution in [-0.4, -0.2) is 23.5 Å². The highest BCUT2D eigenvalue weighted by Gasteiger charge is 2.19. The van der Waals surface area contributed by atoms with Crippen LogP contribution in [0.25, 0.3) is 0 Å². The maximum absolute atomic E-state index is 11.3. The summed E-state index contributed by atoms with van der Waals surface area (Å²) >= 11 is 1.82. The highest BCUT2D eigenvalue weighted by atomic mass is 32.2. The molecule has 0 spiro atoms. The van der Waals surface area contributed by atoms with E-state index in [1.54, 1.807) is 0 Å². The van der Waals surface area contributed by atoms with Crippen molar-refractivity contribution in [2.75, 3.05) is 29.2 Å². The molecule has 0 fully saturated rings. The molecule has 4 nitrogen and oxygen atoms in total. The topological polar surface area (TPSA) is 67.2 Å². The van der Waals surface area contributed by atoms with E-state index in [1.807, 2.05) is 17.8 Å². The molecule has 0 saturated carbocycles. The first kappa shape index (κ1) is 14.1. The van der Waals surface area contributed by atoms with Crippen molar-refractivity contribution in [2.45, 2.75) is 31.4 Å². The Labute approximate surface area is 118 Å². The van der Waals surface area contributed by atoms with E-state index in [9.17, 15) is 4.79 Å². The fraction of sp³-hybridized carbons (Fsp3) is 0.500. The van der Waals surface area contributed by atoms with Crippen LogP contribution in [0.15, 0.2) is 12.1 Å². The number of anilines is 3. The standard InChI is InChI=1S/C14H21N3OS/c1-14(2,19-3)8-16-12-6-9-4-5-13(18)17-11(9)7-10(12)15/h6-7,16H,4-5,8,15H2,1-3H3,(H,17,18). The predicted octanol–water partition coefficient (Wildman–Crippen LogP) is 2.71. The van der Waals surface area contributed by atoms with Gasteiger partial charge in [-0.1, -0.05) is 0 Å². The van der Waals surface area contributed by atoms with Crippen molar-refractivity contribution in [1.29, 1.82) is 0 Å². The summed E-state index contributed by atoms with van der Waals surface area (Å²) < 4.78 is 0.163. The third-order valence-corrected chi connectivity index (χ3v) is 4.68. The normalized spacial score (nSPS) is 14.8. The van der Waals surface area contributed by atoms with Gasteiger partial charge in [0.1, 0.15) is 0 Å². The molecular formula is C14H21N3OS. The lowest BCUT2D eigenvalue weighted by molar-refractivity contribution is -0.116. The zero-order chi connectivity index (χ0) is 14.0. The minimum Gasteiger partial charge on any atom is -0.397 e. The van der Waals surface area contributed by atoms with Crippen LogP contribution in [-0.2, 0) is 11.2 Å². The lowest BCUT2D eigenvalue weighted by atomic mass is 10.0. The van der Waals surface area contributed by atoms with Crippen LogP contribution in [0.2, 0.25) is 0 Å². The van der Waals surface area contributed by atoms with Crippen molar-refractivity contribution in [1.82, 2.24) is 0 Å². The van der Waals surface area contributed by atoms with Crippen LogP contribution >= 0.6 is 11.8 Å². The molecule has 19 heavy (non-hydrogen) atoms. The minimum atomic E-state index is 0.0659. The number of fused-ring (bicyclic) bond motifs is 1. The van der Waals surface area contributed by atoms with Gasteiger partial charge in [-0.3, -0.25) is 4.79 Å². The Kier molecular flexibility index (Phi) is 3.94. The third kappa shape index (κ3) is 3.35. The Morgan fingerprint density at radius 3 is 2.84 bits per heavy atom. The Morgan fingerprint density at radius 1 is 1.42 bits per heavy atom. The molecule has 0 aromatic heterocycles. The van der Waals surface area contributed by atoms with Crippen LogP contribution in [0, 0.1) is 0 Å². The van der Waals surface area contributed by atoms with Gasteiger partial charge in [0.2, 0.25) is 5.91 Å². The lowest BCUT2D eigenvalue weighted by Gasteiger charge is -2.25. The van der Waals surface area contributed by atoms with E-state index in [0.29, 0.717) is 12.1 Å². The summed E-state index contributed by atoms with van der Waals surface area (Å²) in [6.45, 7) is 5.24. The Balaban J connectivity index is 2.16. The molecule has 104 valence electrons. The van der Waals surface area contributed by atoms with Crippen molar-refractivity contribution in [3.05, 3.63) is 17.7 Å². The molecule has 5 heteroatoms. The SMILES string of the molecule is CSC(C)(C)CNc1cc2c(cc1N)NC(=O)CC2. The fourth-order valence-electron chi connectivity index (χ4n) is 1.98. The van der Waals surface area contributed by atoms with E-state index >= 15 is 0 Å². The number of nitrogen functional groups attached to an aromatic ring is 1. The van der Waals surface area contributed by atoms with Gasteiger partial charge in [0, 0.05) is 23.4 Å². The first-order valence-corrected chi connectivity index (χ1v) is 7.65. The van der Waals surface area contributed by atoms with Crippen LogP contribution in [0.4, 0.5) is 17.1 Å². The molecule has 1 aliphatic heterocycles. The van der Waals surface area contributed by atoms with Gasteiger partial charge in [0.15, 0.2) is 0 Å². The number of rotatable bonds is 4. The molecule has 0 bridgehead atoms. The summed E-state index contributed by atoms with van der Waals surface area (Å²) in [7, 11) is 0. The van der Waals surface area contributed by atoms with Crippen molar-refractivity contribution >= 4 is 34.7 Å². The lowest BCUT2D eigenvalue weighted by Crippen LogP contribution is -2.26. The summed E-state index contributed by atoms with van der Waals surface area (Å²) in [5, 5.41) is 6.27. The van der Waals surface area contributed by atoms with Gasteiger partial charge in [-0.15, -0.1) is 0 Å².